The zero-order chi connectivity index (χ0) is 10.3. The maximum atomic E-state index is 11.7. The average Bonchev–Trinajstić information content (AvgIpc) is 2.50. The topological polar surface area (TPSA) is 72.2 Å². The second-order valence-corrected chi connectivity index (χ2v) is 3.31. The van der Waals surface area contributed by atoms with Crippen molar-refractivity contribution >= 4 is 5.65 Å². The van der Waals surface area contributed by atoms with Crippen LogP contribution in [0.15, 0.2) is 22.0 Å². The van der Waals surface area contributed by atoms with Crippen LogP contribution in [0.25, 0.3) is 5.65 Å². The van der Waals surface area contributed by atoms with Crippen LogP contribution in [0.1, 0.15) is 19.9 Å². The molecule has 74 valence electrons. The second kappa shape index (κ2) is 2.83. The summed E-state index contributed by atoms with van der Waals surface area (Å²) < 4.78 is 2.46. The predicted molar refractivity (Wildman–Crippen MR) is 50.5 cm³/mol. The highest BCUT2D eigenvalue weighted by molar-refractivity contribution is 5.32. The van der Waals surface area contributed by atoms with Crippen molar-refractivity contribution in [3.05, 3.63) is 33.2 Å². The lowest BCUT2D eigenvalue weighted by molar-refractivity contribution is 0.533. The minimum absolute atomic E-state index is 0.173. The van der Waals surface area contributed by atoms with Gasteiger partial charge in [0, 0.05) is 18.4 Å². The van der Waals surface area contributed by atoms with Crippen molar-refractivity contribution < 1.29 is 0 Å². The van der Waals surface area contributed by atoms with Crippen LogP contribution in [0.2, 0.25) is 0 Å². The van der Waals surface area contributed by atoms with E-state index in [2.05, 4.69) is 10.1 Å². The second-order valence-electron chi connectivity index (χ2n) is 3.31. The van der Waals surface area contributed by atoms with E-state index in [0.717, 1.165) is 4.57 Å². The summed E-state index contributed by atoms with van der Waals surface area (Å²) in [5, 5.41) is 2.52. The number of imidazole rings is 1. The monoisotopic (exact) mass is 194 g/mol. The van der Waals surface area contributed by atoms with Gasteiger partial charge in [-0.15, -0.1) is 0 Å². The van der Waals surface area contributed by atoms with E-state index in [1.807, 2.05) is 0 Å². The lowest BCUT2D eigenvalue weighted by atomic mass is 10.4. The van der Waals surface area contributed by atoms with E-state index in [1.54, 1.807) is 13.8 Å². The minimum Gasteiger partial charge on any atom is -0.265 e. The number of hydrogen-bond acceptors (Lipinski definition) is 3. The first-order valence-electron chi connectivity index (χ1n) is 4.29. The summed E-state index contributed by atoms with van der Waals surface area (Å²) in [4.78, 5) is 27.0. The Morgan fingerprint density at radius 1 is 1.43 bits per heavy atom. The van der Waals surface area contributed by atoms with Gasteiger partial charge >= 0.3 is 5.69 Å². The molecule has 6 heteroatoms. The highest BCUT2D eigenvalue weighted by Gasteiger charge is 2.10. The Morgan fingerprint density at radius 2 is 2.14 bits per heavy atom. The summed E-state index contributed by atoms with van der Waals surface area (Å²) in [7, 11) is 0. The lowest BCUT2D eigenvalue weighted by Crippen LogP contribution is -2.38. The zero-order valence-electron chi connectivity index (χ0n) is 7.89. The Labute approximate surface area is 78.8 Å². The zero-order valence-corrected chi connectivity index (χ0v) is 7.89. The van der Waals surface area contributed by atoms with Crippen LogP contribution in [0.5, 0.6) is 0 Å². The number of fused-ring (bicyclic) bond motifs is 1. The van der Waals surface area contributed by atoms with Gasteiger partial charge in [0.1, 0.15) is 0 Å². The fourth-order valence-corrected chi connectivity index (χ4v) is 1.38. The third kappa shape index (κ3) is 1.07. The van der Waals surface area contributed by atoms with Gasteiger partial charge < -0.3 is 0 Å². The summed E-state index contributed by atoms with van der Waals surface area (Å²) in [5.41, 5.74) is -0.553. The summed E-state index contributed by atoms with van der Waals surface area (Å²) in [6.07, 6.45) is 3.00. The molecule has 0 saturated heterocycles. The molecule has 0 saturated carbocycles. The standard InChI is InChI=1S/C8H10N4O2/c1-5(2)12-7(13)6-9-3-4-11(6)10-8(12)14/h3-5H,1-2H3,(H,10,14). The molecule has 0 spiro atoms. The summed E-state index contributed by atoms with van der Waals surface area (Å²) >= 11 is 0. The first kappa shape index (κ1) is 8.74. The summed E-state index contributed by atoms with van der Waals surface area (Å²) in [6.45, 7) is 3.55. The number of aromatic nitrogens is 4. The molecule has 6 nitrogen and oxygen atoms in total. The Bertz CT molecular complexity index is 575. The van der Waals surface area contributed by atoms with E-state index in [-0.39, 0.29) is 17.2 Å². The van der Waals surface area contributed by atoms with Crippen LogP contribution in [0, 0.1) is 0 Å². The minimum atomic E-state index is -0.421. The van der Waals surface area contributed by atoms with E-state index in [9.17, 15) is 9.59 Å². The molecule has 0 atom stereocenters. The van der Waals surface area contributed by atoms with Gasteiger partial charge in [-0.05, 0) is 13.8 Å². The number of H-pyrrole nitrogens is 1. The molecule has 0 radical (unpaired) electrons. The van der Waals surface area contributed by atoms with Crippen molar-refractivity contribution in [3.8, 4) is 0 Å². The maximum absolute atomic E-state index is 11.7. The first-order chi connectivity index (χ1) is 6.61. The fourth-order valence-electron chi connectivity index (χ4n) is 1.38. The van der Waals surface area contributed by atoms with Crippen molar-refractivity contribution in [2.75, 3.05) is 0 Å². The van der Waals surface area contributed by atoms with Crippen molar-refractivity contribution in [2.24, 2.45) is 0 Å². The number of nitrogens with zero attached hydrogens (tertiary/aromatic N) is 3. The maximum Gasteiger partial charge on any atom is 0.343 e. The fraction of sp³-hybridized carbons (Fsp3) is 0.375. The molecule has 2 aromatic rings. The third-order valence-corrected chi connectivity index (χ3v) is 2.00. The van der Waals surface area contributed by atoms with Crippen LogP contribution >= 0.6 is 0 Å². The SMILES string of the molecule is CC(C)n1c(=O)[nH]n2ccnc2c1=O. The van der Waals surface area contributed by atoms with E-state index in [4.69, 9.17) is 0 Å². The molecular weight excluding hydrogens is 184 g/mol. The lowest BCUT2D eigenvalue weighted by Gasteiger charge is -2.07. The number of nitrogens with one attached hydrogen (secondary N) is 1. The molecule has 14 heavy (non-hydrogen) atoms. The van der Waals surface area contributed by atoms with Gasteiger partial charge in [0.25, 0.3) is 5.56 Å². The molecule has 2 aromatic heterocycles. The van der Waals surface area contributed by atoms with Gasteiger partial charge in [0.15, 0.2) is 0 Å². The molecule has 0 aliphatic carbocycles. The Morgan fingerprint density at radius 3 is 2.79 bits per heavy atom. The molecule has 0 aliphatic rings. The number of hydrogen-bond donors (Lipinski definition) is 1. The average molecular weight is 194 g/mol. The van der Waals surface area contributed by atoms with E-state index < -0.39 is 5.69 Å². The molecule has 0 fully saturated rings. The highest BCUT2D eigenvalue weighted by atomic mass is 16.2. The van der Waals surface area contributed by atoms with E-state index >= 15 is 0 Å². The van der Waals surface area contributed by atoms with Crippen LogP contribution in [-0.2, 0) is 0 Å². The Hall–Kier alpha value is -1.85. The molecule has 2 heterocycles. The summed E-state index contributed by atoms with van der Waals surface area (Å²) in [6, 6.07) is -0.173. The molecule has 0 aliphatic heterocycles. The molecular formula is C8H10N4O2. The van der Waals surface area contributed by atoms with Crippen molar-refractivity contribution in [2.45, 2.75) is 19.9 Å². The molecule has 2 rings (SSSR count). The van der Waals surface area contributed by atoms with Gasteiger partial charge in [-0.1, -0.05) is 0 Å². The molecule has 1 N–H and O–H groups in total. The van der Waals surface area contributed by atoms with E-state index in [0.29, 0.717) is 0 Å². The molecule has 0 amide bonds. The summed E-state index contributed by atoms with van der Waals surface area (Å²) in [5.74, 6) is 0. The number of aromatic amines is 1. The largest absolute Gasteiger partial charge is 0.343 e. The number of rotatable bonds is 1. The highest BCUT2D eigenvalue weighted by Crippen LogP contribution is 1.95. The molecule has 0 aromatic carbocycles. The van der Waals surface area contributed by atoms with Gasteiger partial charge in [-0.2, -0.15) is 0 Å². The van der Waals surface area contributed by atoms with Gasteiger partial charge in [-0.3, -0.25) is 9.36 Å². The van der Waals surface area contributed by atoms with Crippen molar-refractivity contribution in [1.82, 2.24) is 19.2 Å². The Balaban J connectivity index is 2.97. The normalized spacial score (nSPS) is 11.4. The van der Waals surface area contributed by atoms with Crippen LogP contribution in [0.3, 0.4) is 0 Å². The third-order valence-electron chi connectivity index (χ3n) is 2.00. The first-order valence-corrected chi connectivity index (χ1v) is 4.29. The molecule has 0 unspecified atom stereocenters. The van der Waals surface area contributed by atoms with Gasteiger partial charge in [0.05, 0.1) is 0 Å². The van der Waals surface area contributed by atoms with Crippen LogP contribution < -0.4 is 11.2 Å². The van der Waals surface area contributed by atoms with Crippen molar-refractivity contribution in [1.29, 1.82) is 0 Å². The predicted octanol–water partition coefficient (Wildman–Crippen LogP) is -0.235. The van der Waals surface area contributed by atoms with Gasteiger partial charge in [0.2, 0.25) is 5.65 Å². The van der Waals surface area contributed by atoms with Crippen LogP contribution in [-0.4, -0.2) is 19.2 Å². The van der Waals surface area contributed by atoms with Crippen molar-refractivity contribution in [3.63, 3.8) is 0 Å². The Kier molecular flexibility index (Phi) is 1.77. The quantitative estimate of drug-likeness (QED) is 0.681. The smallest absolute Gasteiger partial charge is 0.265 e. The van der Waals surface area contributed by atoms with E-state index in [1.165, 1.54) is 16.9 Å². The van der Waals surface area contributed by atoms with Crippen LogP contribution in [0.4, 0.5) is 0 Å². The van der Waals surface area contributed by atoms with Gasteiger partial charge in [-0.25, -0.2) is 19.4 Å². The molecule has 0 bridgehead atoms.